The van der Waals surface area contributed by atoms with Crippen LogP contribution in [0.5, 0.6) is 5.75 Å². The van der Waals surface area contributed by atoms with Crippen molar-refractivity contribution in [3.05, 3.63) is 75.7 Å². The van der Waals surface area contributed by atoms with Crippen LogP contribution in [0.3, 0.4) is 0 Å². The predicted molar refractivity (Wildman–Crippen MR) is 170 cm³/mol. The minimum Gasteiger partial charge on any atom is -0.493 e. The Morgan fingerprint density at radius 2 is 1.46 bits per heavy atom. The Bertz CT molecular complexity index is 1220. The van der Waals surface area contributed by atoms with Gasteiger partial charge in [0.2, 0.25) is 10.9 Å². The molecule has 222 valence electrons. The van der Waals surface area contributed by atoms with Crippen LogP contribution in [0, 0.1) is 6.92 Å². The average Bonchev–Trinajstić information content (AvgIpc) is 3.36. The first-order valence-electron chi connectivity index (χ1n) is 15.6. The van der Waals surface area contributed by atoms with Crippen molar-refractivity contribution in [1.82, 2.24) is 0 Å². The number of unbranched alkanes of at least 4 members (excludes halogenated alkanes) is 11. The Hall–Kier alpha value is -2.99. The van der Waals surface area contributed by atoms with Gasteiger partial charge in [-0.05, 0) is 25.5 Å². The number of aromatic nitrogens is 1. The van der Waals surface area contributed by atoms with E-state index in [-0.39, 0.29) is 18.1 Å². The number of para-hydroxylation sites is 2. The summed E-state index contributed by atoms with van der Waals surface area (Å²) >= 11 is 1.70. The third-order valence-electron chi connectivity index (χ3n) is 7.59. The van der Waals surface area contributed by atoms with E-state index in [9.17, 15) is 9.59 Å². The SMILES string of the molecule is CCCCCCCCCCCCCCOc1c(CC(=O)Nc2ccccc2C[n+]2ccsc2C)cccc1C(C)=O. The van der Waals surface area contributed by atoms with Crippen LogP contribution in [-0.4, -0.2) is 18.3 Å². The van der Waals surface area contributed by atoms with Gasteiger partial charge in [0.1, 0.15) is 5.75 Å². The molecule has 6 heteroatoms. The lowest BCUT2D eigenvalue weighted by Crippen LogP contribution is -2.34. The van der Waals surface area contributed by atoms with Crippen LogP contribution in [0.4, 0.5) is 5.69 Å². The summed E-state index contributed by atoms with van der Waals surface area (Å²) < 4.78 is 8.35. The van der Waals surface area contributed by atoms with Crippen molar-refractivity contribution in [2.45, 2.75) is 111 Å². The first-order valence-corrected chi connectivity index (χ1v) is 16.4. The normalized spacial score (nSPS) is 11.0. The van der Waals surface area contributed by atoms with E-state index in [2.05, 4.69) is 35.3 Å². The zero-order valence-corrected chi connectivity index (χ0v) is 26.2. The Kier molecular flexibility index (Phi) is 14.6. The van der Waals surface area contributed by atoms with Gasteiger partial charge < -0.3 is 10.1 Å². The fourth-order valence-corrected chi connectivity index (χ4v) is 5.82. The second-order valence-electron chi connectivity index (χ2n) is 11.0. The molecule has 3 aromatic rings. The van der Waals surface area contributed by atoms with Crippen LogP contribution in [0.15, 0.2) is 54.0 Å². The largest absolute Gasteiger partial charge is 0.493 e. The molecule has 5 nitrogen and oxygen atoms in total. The van der Waals surface area contributed by atoms with Crippen molar-refractivity contribution >= 4 is 28.7 Å². The molecule has 0 aliphatic heterocycles. The first kappa shape index (κ1) is 32.5. The number of Topliss-reactive ketones (excluding diaryl/α,β-unsaturated/α-hetero) is 1. The minimum absolute atomic E-state index is 0.0505. The zero-order chi connectivity index (χ0) is 29.3. The predicted octanol–water partition coefficient (Wildman–Crippen LogP) is 8.86. The molecule has 41 heavy (non-hydrogen) atoms. The number of benzene rings is 2. The molecule has 1 aromatic heterocycles. The highest BCUT2D eigenvalue weighted by molar-refractivity contribution is 7.09. The number of nitrogens with one attached hydrogen (secondary N) is 1. The van der Waals surface area contributed by atoms with Crippen molar-refractivity contribution in [3.63, 3.8) is 0 Å². The summed E-state index contributed by atoms with van der Waals surface area (Å²) in [6.07, 6.45) is 17.6. The Labute approximate surface area is 251 Å². The molecule has 0 aliphatic carbocycles. The molecule has 1 heterocycles. The lowest BCUT2D eigenvalue weighted by Gasteiger charge is -2.15. The van der Waals surface area contributed by atoms with Gasteiger partial charge in [-0.15, -0.1) is 0 Å². The van der Waals surface area contributed by atoms with Crippen LogP contribution in [-0.2, 0) is 17.8 Å². The van der Waals surface area contributed by atoms with Crippen molar-refractivity contribution in [2.75, 3.05) is 11.9 Å². The molecule has 1 N–H and O–H groups in total. The average molecular weight is 578 g/mol. The number of hydrogen-bond acceptors (Lipinski definition) is 4. The fourth-order valence-electron chi connectivity index (χ4n) is 5.16. The standard InChI is InChI=1S/C35H48N2O3S/c1-4-5-6-7-8-9-10-11-12-13-14-17-24-40-35-30(20-18-21-32(35)28(2)38)26-34(39)36-33-22-16-15-19-31(33)27-37-23-25-41-29(37)3/h15-16,18-23,25H,4-14,17,24,26-27H2,1-3H3/p+1. The van der Waals surface area contributed by atoms with E-state index in [0.29, 0.717) is 24.5 Å². The van der Waals surface area contributed by atoms with Gasteiger partial charge in [-0.1, -0.05) is 119 Å². The maximum Gasteiger partial charge on any atom is 0.234 e. The summed E-state index contributed by atoms with van der Waals surface area (Å²) in [6, 6.07) is 13.4. The van der Waals surface area contributed by atoms with E-state index in [1.807, 2.05) is 36.4 Å². The number of carbonyl (C=O) groups excluding carboxylic acids is 2. The minimum atomic E-state index is -0.125. The van der Waals surface area contributed by atoms with E-state index in [1.54, 1.807) is 24.3 Å². The highest BCUT2D eigenvalue weighted by Crippen LogP contribution is 2.27. The molecule has 0 bridgehead atoms. The smallest absolute Gasteiger partial charge is 0.234 e. The second-order valence-corrected chi connectivity index (χ2v) is 12.1. The third kappa shape index (κ3) is 11.4. The number of amides is 1. The van der Waals surface area contributed by atoms with E-state index >= 15 is 0 Å². The van der Waals surface area contributed by atoms with Gasteiger partial charge in [0, 0.05) is 18.1 Å². The molecule has 0 atom stereocenters. The number of hydrogen-bond donors (Lipinski definition) is 1. The summed E-state index contributed by atoms with van der Waals surface area (Å²) in [4.78, 5) is 25.5. The number of rotatable bonds is 20. The fraction of sp³-hybridized carbons (Fsp3) is 0.514. The number of carbonyl (C=O) groups is 2. The quantitative estimate of drug-likeness (QED) is 0.0829. The molecule has 0 aliphatic rings. The van der Waals surface area contributed by atoms with Crippen LogP contribution < -0.4 is 14.6 Å². The van der Waals surface area contributed by atoms with Gasteiger partial charge >= 0.3 is 0 Å². The molecule has 1 amide bonds. The number of ketones is 1. The molecule has 0 unspecified atom stereocenters. The first-order chi connectivity index (χ1) is 20.0. The van der Waals surface area contributed by atoms with Crippen LogP contribution >= 0.6 is 11.3 Å². The van der Waals surface area contributed by atoms with Gasteiger partial charge in [-0.25, -0.2) is 0 Å². The maximum atomic E-state index is 13.2. The van der Waals surface area contributed by atoms with Crippen LogP contribution in [0.2, 0.25) is 0 Å². The van der Waals surface area contributed by atoms with Crippen molar-refractivity contribution in [1.29, 1.82) is 0 Å². The zero-order valence-electron chi connectivity index (χ0n) is 25.4. The molecule has 0 saturated heterocycles. The molecule has 0 spiro atoms. The topological polar surface area (TPSA) is 59.3 Å². The lowest BCUT2D eigenvalue weighted by atomic mass is 10.0. The number of nitrogens with zero attached hydrogens (tertiary/aromatic N) is 1. The van der Waals surface area contributed by atoms with Gasteiger partial charge in [0.25, 0.3) is 0 Å². The summed E-state index contributed by atoms with van der Waals surface area (Å²) in [5, 5.41) is 6.37. The Balaban J connectivity index is 1.48. The van der Waals surface area contributed by atoms with E-state index in [1.165, 1.54) is 69.2 Å². The summed E-state index contributed by atoms with van der Waals surface area (Å²) in [7, 11) is 0. The third-order valence-corrected chi connectivity index (χ3v) is 8.42. The molecule has 3 rings (SSSR count). The second kappa shape index (κ2) is 18.4. The van der Waals surface area contributed by atoms with Gasteiger partial charge in [-0.3, -0.25) is 9.59 Å². The van der Waals surface area contributed by atoms with Crippen molar-refractivity contribution in [3.8, 4) is 5.75 Å². The molecular formula is C35H49N2O3S+. The number of anilines is 1. The number of thiazole rings is 1. The molecule has 0 fully saturated rings. The van der Waals surface area contributed by atoms with Gasteiger partial charge in [-0.2, -0.15) is 4.57 Å². The molecule has 2 aromatic carbocycles. The van der Waals surface area contributed by atoms with Crippen molar-refractivity contribution < 1.29 is 18.9 Å². The summed E-state index contributed by atoms with van der Waals surface area (Å²) in [5.74, 6) is 0.377. The molecular weight excluding hydrogens is 528 g/mol. The lowest BCUT2D eigenvalue weighted by molar-refractivity contribution is -0.689. The van der Waals surface area contributed by atoms with E-state index in [0.717, 1.165) is 29.7 Å². The van der Waals surface area contributed by atoms with Crippen LogP contribution in [0.25, 0.3) is 0 Å². The van der Waals surface area contributed by atoms with Crippen LogP contribution in [0.1, 0.15) is 117 Å². The number of ether oxygens (including phenoxy) is 1. The number of aryl methyl sites for hydroxylation is 1. The van der Waals surface area contributed by atoms with E-state index < -0.39 is 0 Å². The van der Waals surface area contributed by atoms with Gasteiger partial charge in [0.15, 0.2) is 18.5 Å². The monoisotopic (exact) mass is 577 g/mol. The highest BCUT2D eigenvalue weighted by atomic mass is 32.1. The maximum absolute atomic E-state index is 13.2. The Morgan fingerprint density at radius 1 is 0.829 bits per heavy atom. The van der Waals surface area contributed by atoms with Crippen molar-refractivity contribution in [2.24, 2.45) is 0 Å². The highest BCUT2D eigenvalue weighted by Gasteiger charge is 2.18. The van der Waals surface area contributed by atoms with E-state index in [4.69, 9.17) is 4.74 Å². The summed E-state index contributed by atoms with van der Waals surface area (Å²) in [5.41, 5.74) is 3.14. The molecule has 0 radical (unpaired) electrons. The summed E-state index contributed by atoms with van der Waals surface area (Å²) in [6.45, 7) is 7.15. The molecule has 0 saturated carbocycles. The van der Waals surface area contributed by atoms with Gasteiger partial charge in [0.05, 0.1) is 29.7 Å². The Morgan fingerprint density at radius 3 is 2.10 bits per heavy atom.